The number of para-hydroxylation sites is 1. The van der Waals surface area contributed by atoms with Crippen molar-refractivity contribution in [1.29, 1.82) is 0 Å². The van der Waals surface area contributed by atoms with Gasteiger partial charge in [0.15, 0.2) is 0 Å². The molecule has 0 saturated heterocycles. The van der Waals surface area contributed by atoms with Gasteiger partial charge in [0.05, 0.1) is 27.0 Å². The van der Waals surface area contributed by atoms with Crippen molar-refractivity contribution >= 4 is 86.4 Å². The van der Waals surface area contributed by atoms with Crippen LogP contribution in [-0.4, -0.2) is 10.4 Å². The lowest BCUT2D eigenvalue weighted by molar-refractivity contribution is 0.526. The number of aromatic nitrogens is 1. The Hall–Kier alpha value is -7.79. The molecule has 3 heterocycles. The van der Waals surface area contributed by atoms with Crippen LogP contribution in [0.25, 0.3) is 91.5 Å². The van der Waals surface area contributed by atoms with Gasteiger partial charge in [0.25, 0.3) is 0 Å². The van der Waals surface area contributed by atoms with Crippen LogP contribution in [0, 0.1) is 0 Å². The molecule has 0 amide bonds. The average Bonchev–Trinajstić information content (AvgIpc) is 4.07. The van der Waals surface area contributed by atoms with Crippen LogP contribution in [0.1, 0.15) is 73.6 Å². The molecular weight excluding hydrogens is 855 g/mol. The molecule has 2 aliphatic carbocycles. The molecule has 0 fully saturated rings. The van der Waals surface area contributed by atoms with Crippen LogP contribution in [0.5, 0.6) is 0 Å². The molecule has 12 aromatic rings. The second kappa shape index (κ2) is 13.5. The van der Waals surface area contributed by atoms with Gasteiger partial charge in [-0.15, -0.1) is 11.3 Å². The van der Waals surface area contributed by atoms with E-state index in [1.807, 2.05) is 11.3 Å². The maximum Gasteiger partial charge on any atom is 0.134 e. The average molecular weight is 902 g/mol. The molecule has 4 heteroatoms. The van der Waals surface area contributed by atoms with E-state index in [0.717, 1.165) is 17.1 Å². The lowest BCUT2D eigenvalue weighted by Gasteiger charge is -2.39. The molecule has 69 heavy (non-hydrogen) atoms. The summed E-state index contributed by atoms with van der Waals surface area (Å²) in [7, 11) is 0. The summed E-state index contributed by atoms with van der Waals surface area (Å²) in [5, 5.41) is 14.5. The predicted octanol–water partition coefficient (Wildman–Crippen LogP) is 17.0. The molecular formula is C65H47N3S. The van der Waals surface area contributed by atoms with E-state index in [2.05, 4.69) is 233 Å². The molecule has 1 N–H and O–H groups in total. The minimum Gasteiger partial charge on any atom is -0.356 e. The van der Waals surface area contributed by atoms with Crippen molar-refractivity contribution in [3.63, 3.8) is 0 Å². The monoisotopic (exact) mass is 901 g/mol. The summed E-state index contributed by atoms with van der Waals surface area (Å²) >= 11 is 1.92. The Kier molecular flexibility index (Phi) is 7.65. The van der Waals surface area contributed by atoms with Gasteiger partial charge in [-0.2, -0.15) is 0 Å². The number of thiophene rings is 1. The van der Waals surface area contributed by atoms with Gasteiger partial charge < -0.3 is 9.88 Å². The minimum absolute atomic E-state index is 0.118. The highest BCUT2D eigenvalue weighted by atomic mass is 32.1. The van der Waals surface area contributed by atoms with E-state index in [1.54, 1.807) is 0 Å². The number of hydrogen-bond acceptors (Lipinski definition) is 3. The number of fused-ring (bicyclic) bond motifs is 19. The Labute approximate surface area is 405 Å². The first-order valence-corrected chi connectivity index (χ1v) is 25.1. The minimum atomic E-state index is -0.576. The third-order valence-electron chi connectivity index (χ3n) is 16.5. The molecule has 1 unspecified atom stereocenters. The van der Waals surface area contributed by atoms with Gasteiger partial charge in [-0.05, 0) is 115 Å². The van der Waals surface area contributed by atoms with Crippen LogP contribution < -0.4 is 5.32 Å². The van der Waals surface area contributed by atoms with E-state index in [-0.39, 0.29) is 10.8 Å². The Bertz CT molecular complexity index is 4310. The van der Waals surface area contributed by atoms with Crippen molar-refractivity contribution in [1.82, 2.24) is 9.88 Å². The number of rotatable bonds is 3. The van der Waals surface area contributed by atoms with Gasteiger partial charge in [0, 0.05) is 53.9 Å². The number of nitrogens with zero attached hydrogens (tertiary/aromatic N) is 2. The number of amidine groups is 1. The van der Waals surface area contributed by atoms with E-state index >= 15 is 0 Å². The highest BCUT2D eigenvalue weighted by molar-refractivity contribution is 7.27. The smallest absolute Gasteiger partial charge is 0.134 e. The van der Waals surface area contributed by atoms with Crippen LogP contribution in [0.4, 0.5) is 5.69 Å². The topological polar surface area (TPSA) is 29.3 Å². The first-order valence-electron chi connectivity index (χ1n) is 24.3. The summed E-state index contributed by atoms with van der Waals surface area (Å²) in [5.41, 5.74) is 18.0. The highest BCUT2D eigenvalue weighted by Crippen LogP contribution is 2.54. The third-order valence-corrected chi connectivity index (χ3v) is 17.7. The van der Waals surface area contributed by atoms with Crippen molar-refractivity contribution in [3.05, 3.63) is 227 Å². The molecule has 0 saturated carbocycles. The number of aliphatic imine (C=N–C) groups is 1. The number of nitrogens with one attached hydrogen (secondary N) is 1. The molecule has 15 rings (SSSR count). The van der Waals surface area contributed by atoms with E-state index in [0.29, 0.717) is 0 Å². The van der Waals surface area contributed by atoms with Crippen molar-refractivity contribution in [2.45, 2.75) is 51.0 Å². The fraction of sp³-hybridized carbons (Fsp3) is 0.123. The van der Waals surface area contributed by atoms with Gasteiger partial charge in [-0.1, -0.05) is 179 Å². The SMILES string of the molecule is CC1(C)c2cc(C3=Nc4ccc5ccccc5c4C(C)(c4ccc5c(c4)C(C)(C)c4ccccc4-5)N3)ccc2-c2ccc(-n3c4ccccc4c4c5ccccc5c5c6ccccc6sc5c43)cc21. The van der Waals surface area contributed by atoms with Gasteiger partial charge in [-0.3, -0.25) is 0 Å². The summed E-state index contributed by atoms with van der Waals surface area (Å²) in [6.45, 7) is 11.9. The van der Waals surface area contributed by atoms with Crippen LogP contribution in [0.3, 0.4) is 0 Å². The second-order valence-electron chi connectivity index (χ2n) is 20.9. The summed E-state index contributed by atoms with van der Waals surface area (Å²) in [6.07, 6.45) is 0. The van der Waals surface area contributed by atoms with Gasteiger partial charge >= 0.3 is 0 Å². The van der Waals surface area contributed by atoms with Crippen LogP contribution in [0.15, 0.2) is 193 Å². The fourth-order valence-electron chi connectivity index (χ4n) is 13.1. The Balaban J connectivity index is 0.884. The molecule has 0 spiro atoms. The molecule has 3 aliphatic rings. The highest BCUT2D eigenvalue weighted by Gasteiger charge is 2.42. The Morgan fingerprint density at radius 3 is 1.91 bits per heavy atom. The van der Waals surface area contributed by atoms with Crippen LogP contribution >= 0.6 is 11.3 Å². The zero-order chi connectivity index (χ0) is 46.1. The normalized spacial score (nSPS) is 17.3. The predicted molar refractivity (Wildman–Crippen MR) is 292 cm³/mol. The molecule has 1 aliphatic heterocycles. The molecule has 1 atom stereocenters. The summed E-state index contributed by atoms with van der Waals surface area (Å²) in [6, 6.07) is 70.5. The first kappa shape index (κ1) is 39.2. The fourth-order valence-corrected chi connectivity index (χ4v) is 14.4. The standard InChI is InChI=1S/C65H47N3S/c1-63(2)50-23-13-10-18-42(50)44-31-28-39(35-52(44)63)65(5)59-41-17-7-6-16-37(41)27-33-54(59)66-62(67-65)38-26-30-43-45-32-29-40(36-53(45)64(3,4)51(43)34-38)68-55-24-14-11-21-48(55)57-46-19-8-9-20-47(46)58-49-22-12-15-25-56(49)69-61(58)60(57)68/h6-36H,1-5H3,(H,66,67). The largest absolute Gasteiger partial charge is 0.356 e. The van der Waals surface area contributed by atoms with Gasteiger partial charge in [-0.25, -0.2) is 4.99 Å². The zero-order valence-corrected chi connectivity index (χ0v) is 40.0. The second-order valence-corrected chi connectivity index (χ2v) is 21.9. The van der Waals surface area contributed by atoms with E-state index in [9.17, 15) is 0 Å². The van der Waals surface area contributed by atoms with Crippen molar-refractivity contribution in [2.75, 3.05) is 0 Å². The van der Waals surface area contributed by atoms with Crippen molar-refractivity contribution < 1.29 is 0 Å². The van der Waals surface area contributed by atoms with Crippen LogP contribution in [0.2, 0.25) is 0 Å². The quantitative estimate of drug-likeness (QED) is 0.188. The van der Waals surface area contributed by atoms with Crippen molar-refractivity contribution in [3.8, 4) is 27.9 Å². The summed E-state index contributed by atoms with van der Waals surface area (Å²) in [4.78, 5) is 5.51. The summed E-state index contributed by atoms with van der Waals surface area (Å²) < 4.78 is 5.21. The van der Waals surface area contributed by atoms with Crippen molar-refractivity contribution in [2.24, 2.45) is 4.99 Å². The van der Waals surface area contributed by atoms with E-state index in [4.69, 9.17) is 4.99 Å². The number of benzene rings is 10. The molecule has 328 valence electrons. The molecule has 2 aromatic heterocycles. The summed E-state index contributed by atoms with van der Waals surface area (Å²) in [5.74, 6) is 0.892. The van der Waals surface area contributed by atoms with Gasteiger partial charge in [0.1, 0.15) is 5.84 Å². The number of hydrogen-bond donors (Lipinski definition) is 1. The van der Waals surface area contributed by atoms with Gasteiger partial charge in [0.2, 0.25) is 0 Å². The first-order chi connectivity index (χ1) is 33.6. The maximum absolute atomic E-state index is 5.51. The molecule has 3 nitrogen and oxygen atoms in total. The zero-order valence-electron chi connectivity index (χ0n) is 39.2. The molecule has 0 radical (unpaired) electrons. The lowest BCUT2D eigenvalue weighted by Crippen LogP contribution is -2.47. The lowest BCUT2D eigenvalue weighted by atomic mass is 9.76. The van der Waals surface area contributed by atoms with E-state index < -0.39 is 5.54 Å². The Morgan fingerprint density at radius 1 is 0.478 bits per heavy atom. The molecule has 10 aromatic carbocycles. The Morgan fingerprint density at radius 2 is 1.09 bits per heavy atom. The van der Waals surface area contributed by atoms with Crippen LogP contribution in [-0.2, 0) is 16.4 Å². The molecule has 0 bridgehead atoms. The van der Waals surface area contributed by atoms with E-state index in [1.165, 1.54) is 125 Å². The third kappa shape index (κ3) is 5.09. The maximum atomic E-state index is 5.51.